The average molecular weight is 419 g/mol. The van der Waals surface area contributed by atoms with Crippen molar-refractivity contribution in [1.82, 2.24) is 15.1 Å². The molecule has 2 saturated heterocycles. The van der Waals surface area contributed by atoms with Crippen LogP contribution in [0.2, 0.25) is 5.02 Å². The van der Waals surface area contributed by atoms with E-state index in [0.717, 1.165) is 36.3 Å². The Bertz CT molecular complexity index is 799. The summed E-state index contributed by atoms with van der Waals surface area (Å²) in [6.07, 6.45) is 5.36. The number of hydrogen-bond acceptors (Lipinski definition) is 4. The third-order valence-electron chi connectivity index (χ3n) is 6.30. The molecule has 29 heavy (non-hydrogen) atoms. The highest BCUT2D eigenvalue weighted by molar-refractivity contribution is 6.30. The molecule has 1 spiro atoms. The zero-order valence-electron chi connectivity index (χ0n) is 16.5. The first-order chi connectivity index (χ1) is 14.0. The Labute approximate surface area is 176 Å². The second kappa shape index (κ2) is 8.22. The van der Waals surface area contributed by atoms with Crippen LogP contribution < -0.4 is 10.2 Å². The van der Waals surface area contributed by atoms with Crippen LogP contribution in [0.25, 0.3) is 0 Å². The topological polar surface area (TPSA) is 73.0 Å². The summed E-state index contributed by atoms with van der Waals surface area (Å²) in [6, 6.07) is 7.24. The maximum Gasteiger partial charge on any atom is 0.325 e. The Morgan fingerprint density at radius 1 is 1.03 bits per heavy atom. The SMILES string of the molecule is O=C(CN1C(=O)NC2(CCCCCC2)C1=O)N1CCN(c2cccc(Cl)c2)CC1. The van der Waals surface area contributed by atoms with Crippen molar-refractivity contribution in [2.45, 2.75) is 44.1 Å². The number of nitrogens with zero attached hydrogens (tertiary/aromatic N) is 3. The Morgan fingerprint density at radius 3 is 2.38 bits per heavy atom. The summed E-state index contributed by atoms with van der Waals surface area (Å²) >= 11 is 6.07. The van der Waals surface area contributed by atoms with Crippen molar-refractivity contribution in [2.24, 2.45) is 0 Å². The number of hydrogen-bond donors (Lipinski definition) is 1. The van der Waals surface area contributed by atoms with E-state index < -0.39 is 11.6 Å². The molecule has 1 aromatic rings. The van der Waals surface area contributed by atoms with Gasteiger partial charge < -0.3 is 15.1 Å². The van der Waals surface area contributed by atoms with Gasteiger partial charge in [-0.05, 0) is 31.0 Å². The van der Waals surface area contributed by atoms with Crippen molar-refractivity contribution in [3.8, 4) is 0 Å². The number of nitrogens with one attached hydrogen (secondary N) is 1. The normalized spacial score (nSPS) is 22.0. The van der Waals surface area contributed by atoms with Gasteiger partial charge in [-0.1, -0.05) is 43.4 Å². The lowest BCUT2D eigenvalue weighted by Crippen LogP contribution is -2.52. The second-order valence-corrected chi connectivity index (χ2v) is 8.60. The minimum Gasteiger partial charge on any atom is -0.368 e. The minimum absolute atomic E-state index is 0.176. The van der Waals surface area contributed by atoms with E-state index in [1.54, 1.807) is 4.90 Å². The lowest BCUT2D eigenvalue weighted by Gasteiger charge is -2.36. The van der Waals surface area contributed by atoms with Crippen LogP contribution in [0.1, 0.15) is 38.5 Å². The second-order valence-electron chi connectivity index (χ2n) is 8.17. The molecular formula is C21H27ClN4O3. The highest BCUT2D eigenvalue weighted by atomic mass is 35.5. The van der Waals surface area contributed by atoms with Crippen molar-refractivity contribution in [3.63, 3.8) is 0 Å². The molecule has 1 saturated carbocycles. The quantitative estimate of drug-likeness (QED) is 0.766. The number of carbonyl (C=O) groups excluding carboxylic acids is 3. The van der Waals surface area contributed by atoms with Crippen LogP contribution in [0.15, 0.2) is 24.3 Å². The number of benzene rings is 1. The number of halogens is 1. The zero-order chi connectivity index (χ0) is 20.4. The Morgan fingerprint density at radius 2 is 1.72 bits per heavy atom. The summed E-state index contributed by atoms with van der Waals surface area (Å²) in [7, 11) is 0. The summed E-state index contributed by atoms with van der Waals surface area (Å²) in [4.78, 5) is 43.3. The summed E-state index contributed by atoms with van der Waals surface area (Å²) in [5, 5.41) is 3.58. The van der Waals surface area contributed by atoms with Crippen LogP contribution in [0, 0.1) is 0 Å². The fourth-order valence-electron chi connectivity index (χ4n) is 4.61. The number of imide groups is 1. The molecule has 3 fully saturated rings. The molecule has 4 amide bonds. The van der Waals surface area contributed by atoms with Gasteiger partial charge in [0.05, 0.1) is 0 Å². The highest BCUT2D eigenvalue weighted by Gasteiger charge is 2.51. The Kier molecular flexibility index (Phi) is 5.67. The van der Waals surface area contributed by atoms with Gasteiger partial charge in [-0.25, -0.2) is 4.79 Å². The van der Waals surface area contributed by atoms with Gasteiger partial charge in [0.25, 0.3) is 5.91 Å². The monoisotopic (exact) mass is 418 g/mol. The van der Waals surface area contributed by atoms with Gasteiger partial charge in [-0.3, -0.25) is 14.5 Å². The lowest BCUT2D eigenvalue weighted by molar-refractivity contribution is -0.139. The number of rotatable bonds is 3. The molecule has 4 rings (SSSR count). The fraction of sp³-hybridized carbons (Fsp3) is 0.571. The highest BCUT2D eigenvalue weighted by Crippen LogP contribution is 2.32. The maximum absolute atomic E-state index is 13.0. The molecule has 2 heterocycles. The van der Waals surface area contributed by atoms with Gasteiger partial charge in [0.2, 0.25) is 5.91 Å². The fourth-order valence-corrected chi connectivity index (χ4v) is 4.80. The maximum atomic E-state index is 13.0. The molecule has 7 nitrogen and oxygen atoms in total. The van der Waals surface area contributed by atoms with E-state index in [1.165, 1.54) is 0 Å². The van der Waals surface area contributed by atoms with E-state index in [0.29, 0.717) is 44.0 Å². The molecule has 0 bridgehead atoms. The molecule has 0 atom stereocenters. The molecule has 2 aliphatic heterocycles. The predicted octanol–water partition coefficient (Wildman–Crippen LogP) is 2.63. The first-order valence-electron chi connectivity index (χ1n) is 10.4. The van der Waals surface area contributed by atoms with E-state index in [4.69, 9.17) is 11.6 Å². The molecule has 0 unspecified atom stereocenters. The Balaban J connectivity index is 1.35. The largest absolute Gasteiger partial charge is 0.368 e. The van der Waals surface area contributed by atoms with Crippen molar-refractivity contribution in [2.75, 3.05) is 37.6 Å². The van der Waals surface area contributed by atoms with Crippen molar-refractivity contribution >= 4 is 35.1 Å². The van der Waals surface area contributed by atoms with Gasteiger partial charge in [-0.15, -0.1) is 0 Å². The molecule has 156 valence electrons. The molecular weight excluding hydrogens is 392 g/mol. The number of anilines is 1. The van der Waals surface area contributed by atoms with Crippen molar-refractivity contribution in [3.05, 3.63) is 29.3 Å². The lowest BCUT2D eigenvalue weighted by atomic mass is 9.90. The predicted molar refractivity (Wildman–Crippen MR) is 111 cm³/mol. The van der Waals surface area contributed by atoms with Crippen LogP contribution in [0.5, 0.6) is 0 Å². The van der Waals surface area contributed by atoms with Gasteiger partial charge in [0.15, 0.2) is 0 Å². The molecule has 0 aromatic heterocycles. The Hall–Kier alpha value is -2.28. The van der Waals surface area contributed by atoms with Gasteiger partial charge in [0, 0.05) is 36.9 Å². The van der Waals surface area contributed by atoms with Crippen LogP contribution in [0.4, 0.5) is 10.5 Å². The number of amides is 4. The summed E-state index contributed by atoms with van der Waals surface area (Å²) in [6.45, 7) is 2.32. The van der Waals surface area contributed by atoms with E-state index in [9.17, 15) is 14.4 Å². The molecule has 1 N–H and O–H groups in total. The smallest absolute Gasteiger partial charge is 0.325 e. The van der Waals surface area contributed by atoms with Gasteiger partial charge >= 0.3 is 6.03 Å². The third kappa shape index (κ3) is 4.06. The zero-order valence-corrected chi connectivity index (χ0v) is 17.3. The molecule has 8 heteroatoms. The first-order valence-corrected chi connectivity index (χ1v) is 10.8. The van der Waals surface area contributed by atoms with Crippen LogP contribution in [-0.2, 0) is 9.59 Å². The van der Waals surface area contributed by atoms with Crippen LogP contribution in [0.3, 0.4) is 0 Å². The molecule has 1 aliphatic carbocycles. The van der Waals surface area contributed by atoms with Gasteiger partial charge in [0.1, 0.15) is 12.1 Å². The summed E-state index contributed by atoms with van der Waals surface area (Å²) in [5.41, 5.74) is 0.244. The third-order valence-corrected chi connectivity index (χ3v) is 6.54. The van der Waals surface area contributed by atoms with Crippen LogP contribution in [-0.4, -0.2) is 65.9 Å². The van der Waals surface area contributed by atoms with Crippen LogP contribution >= 0.6 is 11.6 Å². The number of piperazine rings is 1. The molecule has 3 aliphatic rings. The number of urea groups is 1. The molecule has 0 radical (unpaired) electrons. The average Bonchev–Trinajstić information content (AvgIpc) is 2.88. The van der Waals surface area contributed by atoms with Crippen molar-refractivity contribution < 1.29 is 14.4 Å². The van der Waals surface area contributed by atoms with E-state index in [-0.39, 0.29) is 18.4 Å². The summed E-state index contributed by atoms with van der Waals surface area (Å²) in [5.74, 6) is -0.403. The standard InChI is InChI=1S/C21H27ClN4O3/c22-16-6-5-7-17(14-16)24-10-12-25(13-11-24)18(27)15-26-19(28)21(23-20(26)29)8-3-1-2-4-9-21/h5-7,14H,1-4,8-13,15H2,(H,23,29). The van der Waals surface area contributed by atoms with E-state index in [1.807, 2.05) is 24.3 Å². The van der Waals surface area contributed by atoms with E-state index in [2.05, 4.69) is 10.2 Å². The van der Waals surface area contributed by atoms with Crippen molar-refractivity contribution in [1.29, 1.82) is 0 Å². The first kappa shape index (κ1) is 20.0. The minimum atomic E-state index is -0.793. The van der Waals surface area contributed by atoms with E-state index >= 15 is 0 Å². The number of carbonyl (C=O) groups is 3. The summed E-state index contributed by atoms with van der Waals surface area (Å²) < 4.78 is 0. The molecule has 1 aromatic carbocycles. The van der Waals surface area contributed by atoms with Gasteiger partial charge in [-0.2, -0.15) is 0 Å².